The van der Waals surface area contributed by atoms with Crippen LogP contribution in [-0.2, 0) is 4.79 Å². The molecule has 0 spiro atoms. The third kappa shape index (κ3) is 1.48. The molecule has 0 unspecified atom stereocenters. The van der Waals surface area contributed by atoms with Crippen molar-refractivity contribution in [1.29, 1.82) is 0 Å². The average molecular weight is 244 g/mol. The highest BCUT2D eigenvalue weighted by Crippen LogP contribution is 2.61. The minimum Gasteiger partial charge on any atom is -0.480 e. The van der Waals surface area contributed by atoms with Crippen LogP contribution in [0.25, 0.3) is 0 Å². The summed E-state index contributed by atoms with van der Waals surface area (Å²) in [5.74, 6) is 1.51. The van der Waals surface area contributed by atoms with Crippen molar-refractivity contribution in [1.82, 2.24) is 4.84 Å². The first kappa shape index (κ1) is 10.8. The number of carboxylic acid groups (broad SMARTS) is 1. The standard InChI is InChI=1S/C12H18ClNO2/c13-14-10(11(15)16)12-4-7-1-8(5-12)3-9(2-7)6-12/h7-10,14H,1-6H2,(H,15,16)/t7?,8?,9?,10-,12?/m1/s1. The van der Waals surface area contributed by atoms with Gasteiger partial charge in [0.2, 0.25) is 0 Å². The molecule has 4 rings (SSSR count). The van der Waals surface area contributed by atoms with Gasteiger partial charge >= 0.3 is 5.97 Å². The number of halogens is 1. The largest absolute Gasteiger partial charge is 0.480 e. The van der Waals surface area contributed by atoms with E-state index in [1.807, 2.05) is 0 Å². The van der Waals surface area contributed by atoms with E-state index in [1.54, 1.807) is 0 Å². The topological polar surface area (TPSA) is 49.3 Å². The fourth-order valence-corrected chi connectivity index (χ4v) is 5.28. The number of nitrogens with one attached hydrogen (secondary N) is 1. The molecular formula is C12H18ClNO2. The zero-order valence-electron chi connectivity index (χ0n) is 9.29. The molecule has 0 aliphatic heterocycles. The maximum Gasteiger partial charge on any atom is 0.322 e. The van der Waals surface area contributed by atoms with Crippen molar-refractivity contribution < 1.29 is 9.90 Å². The van der Waals surface area contributed by atoms with Crippen molar-refractivity contribution >= 4 is 17.7 Å². The number of rotatable bonds is 3. The van der Waals surface area contributed by atoms with Crippen LogP contribution in [0.4, 0.5) is 0 Å². The molecule has 0 aromatic heterocycles. The van der Waals surface area contributed by atoms with E-state index in [9.17, 15) is 9.90 Å². The van der Waals surface area contributed by atoms with Gasteiger partial charge < -0.3 is 5.11 Å². The van der Waals surface area contributed by atoms with Crippen LogP contribution in [0.5, 0.6) is 0 Å². The lowest BCUT2D eigenvalue weighted by molar-refractivity contribution is -0.150. The SMILES string of the molecule is O=C(O)[C@@H](NCl)C12CC3CC(CC(C3)C1)C2. The van der Waals surface area contributed by atoms with Gasteiger partial charge in [0.25, 0.3) is 0 Å². The Balaban J connectivity index is 1.90. The van der Waals surface area contributed by atoms with Gasteiger partial charge in [0.15, 0.2) is 0 Å². The second kappa shape index (κ2) is 3.61. The highest BCUT2D eigenvalue weighted by Gasteiger charge is 2.56. The number of carboxylic acids is 1. The molecule has 0 aromatic carbocycles. The summed E-state index contributed by atoms with van der Waals surface area (Å²) in [6.45, 7) is 0. The first-order valence-electron chi connectivity index (χ1n) is 6.22. The molecule has 0 amide bonds. The minimum atomic E-state index is -0.781. The third-order valence-electron chi connectivity index (χ3n) is 5.05. The lowest BCUT2D eigenvalue weighted by Gasteiger charge is -2.58. The Bertz CT molecular complexity index is 283. The van der Waals surface area contributed by atoms with Gasteiger partial charge in [-0.05, 0) is 73.5 Å². The van der Waals surface area contributed by atoms with Crippen LogP contribution in [0.2, 0.25) is 0 Å². The van der Waals surface area contributed by atoms with Crippen LogP contribution < -0.4 is 4.84 Å². The number of hydrogen-bond donors (Lipinski definition) is 2. The van der Waals surface area contributed by atoms with Crippen LogP contribution >= 0.6 is 11.8 Å². The van der Waals surface area contributed by atoms with Gasteiger partial charge in [0, 0.05) is 0 Å². The van der Waals surface area contributed by atoms with Crippen LogP contribution in [0, 0.1) is 23.2 Å². The summed E-state index contributed by atoms with van der Waals surface area (Å²) < 4.78 is 0. The zero-order valence-corrected chi connectivity index (χ0v) is 10.0. The van der Waals surface area contributed by atoms with E-state index >= 15 is 0 Å². The molecule has 0 saturated heterocycles. The van der Waals surface area contributed by atoms with Crippen molar-refractivity contribution in [3.63, 3.8) is 0 Å². The average Bonchev–Trinajstić information content (AvgIpc) is 2.14. The van der Waals surface area contributed by atoms with Gasteiger partial charge in [0.1, 0.15) is 6.04 Å². The molecule has 0 heterocycles. The van der Waals surface area contributed by atoms with Gasteiger partial charge in [0.05, 0.1) is 0 Å². The second-order valence-electron chi connectivity index (χ2n) is 6.16. The fraction of sp³-hybridized carbons (Fsp3) is 0.917. The maximum absolute atomic E-state index is 11.3. The van der Waals surface area contributed by atoms with Crippen molar-refractivity contribution in [2.45, 2.75) is 44.6 Å². The fourth-order valence-electron chi connectivity index (χ4n) is 4.96. The molecule has 90 valence electrons. The summed E-state index contributed by atoms with van der Waals surface area (Å²) in [4.78, 5) is 13.8. The first-order valence-corrected chi connectivity index (χ1v) is 6.60. The monoisotopic (exact) mass is 243 g/mol. The minimum absolute atomic E-state index is 0.0532. The Morgan fingerprint density at radius 1 is 1.19 bits per heavy atom. The molecule has 3 nitrogen and oxygen atoms in total. The van der Waals surface area contributed by atoms with Gasteiger partial charge in [-0.25, -0.2) is 4.84 Å². The Hall–Kier alpha value is -0.280. The summed E-state index contributed by atoms with van der Waals surface area (Å²) in [6.07, 6.45) is 7.18. The van der Waals surface area contributed by atoms with E-state index in [-0.39, 0.29) is 5.41 Å². The molecule has 16 heavy (non-hydrogen) atoms. The molecule has 4 aliphatic rings. The molecule has 4 bridgehead atoms. The maximum atomic E-state index is 11.3. The van der Waals surface area contributed by atoms with Crippen LogP contribution in [0.3, 0.4) is 0 Å². The normalized spacial score (nSPS) is 46.9. The van der Waals surface area contributed by atoms with Crippen molar-refractivity contribution in [2.75, 3.05) is 0 Å². The number of aliphatic carboxylic acids is 1. The molecular weight excluding hydrogens is 226 g/mol. The first-order chi connectivity index (χ1) is 7.63. The second-order valence-corrected chi connectivity index (χ2v) is 6.38. The highest BCUT2D eigenvalue weighted by molar-refractivity contribution is 6.14. The molecule has 1 atom stereocenters. The van der Waals surface area contributed by atoms with Gasteiger partial charge in [-0.15, -0.1) is 0 Å². The molecule has 4 heteroatoms. The molecule has 4 saturated carbocycles. The smallest absolute Gasteiger partial charge is 0.322 e. The summed E-state index contributed by atoms with van der Waals surface area (Å²) in [6, 6.07) is -0.553. The zero-order chi connectivity index (χ0) is 11.3. The Morgan fingerprint density at radius 2 is 1.62 bits per heavy atom. The van der Waals surface area contributed by atoms with E-state index in [0.717, 1.165) is 37.0 Å². The molecule has 0 radical (unpaired) electrons. The summed E-state index contributed by atoms with van der Waals surface area (Å²) >= 11 is 5.67. The Kier molecular flexibility index (Phi) is 2.44. The van der Waals surface area contributed by atoms with Crippen LogP contribution in [0.15, 0.2) is 0 Å². The number of hydrogen-bond acceptors (Lipinski definition) is 2. The van der Waals surface area contributed by atoms with E-state index in [2.05, 4.69) is 4.84 Å². The van der Waals surface area contributed by atoms with Gasteiger partial charge in [-0.1, -0.05) is 0 Å². The molecule has 4 aliphatic carbocycles. The number of carbonyl (C=O) groups is 1. The Morgan fingerprint density at radius 3 is 1.94 bits per heavy atom. The van der Waals surface area contributed by atoms with Gasteiger partial charge in [-0.2, -0.15) is 0 Å². The van der Waals surface area contributed by atoms with E-state index < -0.39 is 12.0 Å². The van der Waals surface area contributed by atoms with E-state index in [4.69, 9.17) is 11.8 Å². The lowest BCUT2D eigenvalue weighted by Crippen LogP contribution is -2.57. The van der Waals surface area contributed by atoms with Crippen LogP contribution in [-0.4, -0.2) is 17.1 Å². The highest BCUT2D eigenvalue weighted by atomic mass is 35.5. The predicted molar refractivity (Wildman–Crippen MR) is 61.0 cm³/mol. The Labute approximate surface area is 101 Å². The predicted octanol–water partition coefficient (Wildman–Crippen LogP) is 2.40. The van der Waals surface area contributed by atoms with E-state index in [0.29, 0.717) is 0 Å². The summed E-state index contributed by atoms with van der Waals surface area (Å²) in [5, 5.41) is 9.29. The van der Waals surface area contributed by atoms with Crippen molar-refractivity contribution in [3.05, 3.63) is 0 Å². The van der Waals surface area contributed by atoms with Crippen LogP contribution in [0.1, 0.15) is 38.5 Å². The summed E-state index contributed by atoms with van der Waals surface area (Å²) in [7, 11) is 0. The summed E-state index contributed by atoms with van der Waals surface area (Å²) in [5.41, 5.74) is -0.0532. The molecule has 0 aromatic rings. The van der Waals surface area contributed by atoms with E-state index in [1.165, 1.54) is 19.3 Å². The molecule has 4 fully saturated rings. The lowest BCUT2D eigenvalue weighted by atomic mass is 9.48. The quantitative estimate of drug-likeness (QED) is 0.749. The van der Waals surface area contributed by atoms with Crippen molar-refractivity contribution in [3.8, 4) is 0 Å². The molecule has 2 N–H and O–H groups in total. The van der Waals surface area contributed by atoms with Gasteiger partial charge in [-0.3, -0.25) is 4.79 Å². The van der Waals surface area contributed by atoms with Crippen molar-refractivity contribution in [2.24, 2.45) is 23.2 Å². The third-order valence-corrected chi connectivity index (χ3v) is 5.27.